The number of aromatic nitrogens is 3. The molecule has 2 aromatic rings. The van der Waals surface area contributed by atoms with Crippen molar-refractivity contribution in [2.75, 3.05) is 13.1 Å². The molecule has 0 bridgehead atoms. The minimum atomic E-state index is 0.857. The lowest BCUT2D eigenvalue weighted by molar-refractivity contribution is 0.199. The zero-order valence-corrected chi connectivity index (χ0v) is 32.3. The summed E-state index contributed by atoms with van der Waals surface area (Å²) in [5, 5.41) is 9.07. The third-order valence-corrected chi connectivity index (χ3v) is 10.1. The maximum absolute atomic E-state index is 4.56. The number of benzene rings is 1. The van der Waals surface area contributed by atoms with Gasteiger partial charge in [0.15, 0.2) is 0 Å². The fourth-order valence-corrected chi connectivity index (χ4v) is 6.84. The van der Waals surface area contributed by atoms with E-state index < -0.39 is 0 Å². The van der Waals surface area contributed by atoms with Crippen LogP contribution in [0.3, 0.4) is 0 Å². The van der Waals surface area contributed by atoms with Crippen molar-refractivity contribution in [1.29, 1.82) is 0 Å². The van der Waals surface area contributed by atoms with Gasteiger partial charge >= 0.3 is 0 Å². The van der Waals surface area contributed by atoms with Crippen LogP contribution in [-0.4, -0.2) is 33.0 Å². The third-order valence-electron chi connectivity index (χ3n) is 10.1. The second-order valence-corrected chi connectivity index (χ2v) is 14.7. The van der Waals surface area contributed by atoms with Gasteiger partial charge in [0.1, 0.15) is 5.52 Å². The van der Waals surface area contributed by atoms with Gasteiger partial charge in [-0.05, 0) is 95.9 Å². The van der Waals surface area contributed by atoms with Crippen LogP contribution in [0.4, 0.5) is 0 Å². The molecular weight excluding hydrogens is 585 g/mol. The van der Waals surface area contributed by atoms with Gasteiger partial charge in [-0.15, -0.1) is 5.10 Å². The molecule has 1 aromatic carbocycles. The molecule has 4 heteroatoms. The molecule has 0 saturated carbocycles. The molecule has 0 fully saturated rings. The van der Waals surface area contributed by atoms with E-state index in [-0.39, 0.29) is 0 Å². The first-order chi connectivity index (χ1) is 23.8. The minimum Gasteiger partial charge on any atom is -0.284 e. The highest BCUT2D eigenvalue weighted by Crippen LogP contribution is 2.17. The quantitative estimate of drug-likeness (QED) is 0.0552. The molecule has 0 saturated heterocycles. The van der Waals surface area contributed by atoms with Crippen LogP contribution in [0.1, 0.15) is 199 Å². The fourth-order valence-electron chi connectivity index (χ4n) is 6.84. The molecular formula is C44H78N4. The average Bonchev–Trinajstić information content (AvgIpc) is 3.51. The zero-order valence-electron chi connectivity index (χ0n) is 32.3. The van der Waals surface area contributed by atoms with Gasteiger partial charge < -0.3 is 0 Å². The van der Waals surface area contributed by atoms with Crippen LogP contribution in [0.25, 0.3) is 11.0 Å². The number of rotatable bonds is 34. The van der Waals surface area contributed by atoms with Gasteiger partial charge in [-0.2, -0.15) is 0 Å². The Balaban J connectivity index is 1.56. The molecule has 4 nitrogen and oxygen atoms in total. The summed E-state index contributed by atoms with van der Waals surface area (Å²) in [5.74, 6) is 0. The predicted octanol–water partition coefficient (Wildman–Crippen LogP) is 14.1. The van der Waals surface area contributed by atoms with Crippen LogP contribution >= 0.6 is 0 Å². The molecule has 0 N–H and O–H groups in total. The monoisotopic (exact) mass is 663 g/mol. The van der Waals surface area contributed by atoms with E-state index in [0.29, 0.717) is 0 Å². The van der Waals surface area contributed by atoms with Crippen LogP contribution in [0.15, 0.2) is 42.5 Å². The number of hydrogen-bond donors (Lipinski definition) is 0. The highest BCUT2D eigenvalue weighted by atomic mass is 15.5. The van der Waals surface area contributed by atoms with E-state index in [2.05, 4.69) is 83.2 Å². The standard InChI is InChI=1S/C44H78N4/c1-4-6-8-10-12-14-16-18-20-22-24-26-28-30-32-34-39-47(41-48-43-38-36-37-42(3)44(43)45-46-48)40-35-33-31-29-27-25-23-21-19-17-15-13-11-9-7-5-2/h18-21,36-38H,4-17,22-35,39-41H2,1-3H3/b20-18-,21-19-. The van der Waals surface area contributed by atoms with Crippen molar-refractivity contribution in [1.82, 2.24) is 19.9 Å². The van der Waals surface area contributed by atoms with Crippen molar-refractivity contribution in [2.45, 2.75) is 207 Å². The number of allylic oxidation sites excluding steroid dienone is 4. The number of unbranched alkanes of at least 4 members (excludes halogenated alkanes) is 24. The molecule has 0 spiro atoms. The van der Waals surface area contributed by atoms with Gasteiger partial charge in [-0.25, -0.2) is 4.68 Å². The van der Waals surface area contributed by atoms with Gasteiger partial charge in [0.05, 0.1) is 12.2 Å². The number of aryl methyl sites for hydroxylation is 1. The summed E-state index contributed by atoms with van der Waals surface area (Å²) in [7, 11) is 0. The van der Waals surface area contributed by atoms with Gasteiger partial charge in [0, 0.05) is 0 Å². The van der Waals surface area contributed by atoms with Crippen LogP contribution in [0.2, 0.25) is 0 Å². The Morgan fingerprint density at radius 3 is 1.35 bits per heavy atom. The molecule has 0 aliphatic heterocycles. The fraction of sp³-hybridized carbons (Fsp3) is 0.773. The molecule has 274 valence electrons. The SMILES string of the molecule is CCCCCCCC/C=C\CCCCCCCCN(CCCCCCCC/C=C\CCCCCCCC)Cn1nnc2c(C)cccc21. The molecule has 48 heavy (non-hydrogen) atoms. The van der Waals surface area contributed by atoms with E-state index >= 15 is 0 Å². The maximum atomic E-state index is 4.56. The summed E-state index contributed by atoms with van der Waals surface area (Å²) in [6, 6.07) is 6.45. The Kier molecular flexibility index (Phi) is 27.3. The van der Waals surface area contributed by atoms with Crippen LogP contribution in [0, 0.1) is 6.92 Å². The molecule has 0 amide bonds. The Labute approximate surface area is 298 Å². The lowest BCUT2D eigenvalue weighted by Gasteiger charge is -2.22. The molecule has 1 aromatic heterocycles. The summed E-state index contributed by atoms with van der Waals surface area (Å²) < 4.78 is 2.13. The van der Waals surface area contributed by atoms with E-state index in [1.807, 2.05) is 0 Å². The Morgan fingerprint density at radius 1 is 0.521 bits per heavy atom. The molecule has 2 rings (SSSR count). The second-order valence-electron chi connectivity index (χ2n) is 14.7. The number of fused-ring (bicyclic) bond motifs is 1. The normalized spacial score (nSPS) is 12.2. The first kappa shape index (κ1) is 42.2. The van der Waals surface area contributed by atoms with Gasteiger partial charge in [0.2, 0.25) is 0 Å². The minimum absolute atomic E-state index is 0.857. The summed E-state index contributed by atoms with van der Waals surface area (Å²) in [6.45, 7) is 9.92. The molecule has 0 aliphatic carbocycles. The Bertz CT molecular complexity index is 996. The van der Waals surface area contributed by atoms with E-state index in [0.717, 1.165) is 12.2 Å². The predicted molar refractivity (Wildman–Crippen MR) is 213 cm³/mol. The van der Waals surface area contributed by atoms with Gasteiger partial charge in [-0.1, -0.05) is 171 Å². The van der Waals surface area contributed by atoms with Crippen molar-refractivity contribution in [3.63, 3.8) is 0 Å². The summed E-state index contributed by atoms with van der Waals surface area (Å²) >= 11 is 0. The topological polar surface area (TPSA) is 34.0 Å². The zero-order chi connectivity index (χ0) is 34.2. The summed E-state index contributed by atoms with van der Waals surface area (Å²) in [5.41, 5.74) is 3.43. The maximum Gasteiger partial charge on any atom is 0.116 e. The Morgan fingerprint density at radius 2 is 0.917 bits per heavy atom. The first-order valence-corrected chi connectivity index (χ1v) is 21.1. The largest absolute Gasteiger partial charge is 0.284 e. The number of nitrogens with zero attached hydrogens (tertiary/aromatic N) is 4. The van der Waals surface area contributed by atoms with E-state index in [1.54, 1.807) is 0 Å². The molecule has 0 atom stereocenters. The van der Waals surface area contributed by atoms with Crippen molar-refractivity contribution < 1.29 is 0 Å². The van der Waals surface area contributed by atoms with Crippen molar-refractivity contribution in [3.05, 3.63) is 48.1 Å². The highest BCUT2D eigenvalue weighted by Gasteiger charge is 2.11. The third kappa shape index (κ3) is 21.9. The molecule has 0 unspecified atom stereocenters. The van der Waals surface area contributed by atoms with Gasteiger partial charge in [0.25, 0.3) is 0 Å². The second kappa shape index (κ2) is 31.1. The lowest BCUT2D eigenvalue weighted by atomic mass is 10.1. The van der Waals surface area contributed by atoms with Gasteiger partial charge in [-0.3, -0.25) is 4.90 Å². The first-order valence-electron chi connectivity index (χ1n) is 21.1. The lowest BCUT2D eigenvalue weighted by Crippen LogP contribution is -2.29. The molecule has 1 heterocycles. The van der Waals surface area contributed by atoms with Crippen molar-refractivity contribution in [2.24, 2.45) is 0 Å². The van der Waals surface area contributed by atoms with Crippen molar-refractivity contribution >= 4 is 11.0 Å². The van der Waals surface area contributed by atoms with Crippen LogP contribution < -0.4 is 0 Å². The van der Waals surface area contributed by atoms with Crippen LogP contribution in [0.5, 0.6) is 0 Å². The highest BCUT2D eigenvalue weighted by molar-refractivity contribution is 5.77. The Hall–Kier alpha value is -1.94. The summed E-state index contributed by atoms with van der Waals surface area (Å²) in [4.78, 5) is 2.64. The molecule has 0 aliphatic rings. The van der Waals surface area contributed by atoms with Crippen molar-refractivity contribution in [3.8, 4) is 0 Å². The number of hydrogen-bond acceptors (Lipinski definition) is 3. The van der Waals surface area contributed by atoms with Crippen LogP contribution in [-0.2, 0) is 6.67 Å². The molecule has 0 radical (unpaired) electrons. The van der Waals surface area contributed by atoms with E-state index in [4.69, 9.17) is 0 Å². The summed E-state index contributed by atoms with van der Waals surface area (Å²) in [6.07, 6.45) is 47.9. The average molecular weight is 663 g/mol. The van der Waals surface area contributed by atoms with E-state index in [9.17, 15) is 0 Å². The van der Waals surface area contributed by atoms with E-state index in [1.165, 1.54) is 204 Å². The smallest absolute Gasteiger partial charge is 0.116 e.